The highest BCUT2D eigenvalue weighted by atomic mass is 32.2. The van der Waals surface area contributed by atoms with Crippen molar-refractivity contribution in [1.29, 1.82) is 0 Å². The van der Waals surface area contributed by atoms with Gasteiger partial charge in [0.15, 0.2) is 5.78 Å². The number of benzene rings is 1. The molecule has 7 heteroatoms. The minimum absolute atomic E-state index is 0.204. The van der Waals surface area contributed by atoms with Crippen molar-refractivity contribution in [2.45, 2.75) is 36.2 Å². The number of tetrazole rings is 1. The van der Waals surface area contributed by atoms with Crippen LogP contribution in [0.25, 0.3) is 0 Å². The molecule has 1 unspecified atom stereocenters. The van der Waals surface area contributed by atoms with Gasteiger partial charge in [-0.2, -0.15) is 0 Å². The molecule has 1 aliphatic carbocycles. The number of ether oxygens (including phenoxy) is 1. The summed E-state index contributed by atoms with van der Waals surface area (Å²) in [4.78, 5) is 12.2. The Morgan fingerprint density at radius 3 is 3.14 bits per heavy atom. The van der Waals surface area contributed by atoms with E-state index in [1.54, 1.807) is 23.6 Å². The third-order valence-electron chi connectivity index (χ3n) is 3.73. The number of nitrogens with zero attached hydrogens (tertiary/aromatic N) is 4. The van der Waals surface area contributed by atoms with E-state index in [4.69, 9.17) is 4.74 Å². The van der Waals surface area contributed by atoms with Crippen LogP contribution in [-0.4, -0.2) is 39.7 Å². The van der Waals surface area contributed by atoms with Crippen LogP contribution in [0.2, 0.25) is 0 Å². The predicted molar refractivity (Wildman–Crippen MR) is 82.9 cm³/mol. The molecule has 1 atom stereocenters. The molecule has 0 saturated carbocycles. The quantitative estimate of drug-likeness (QED) is 0.789. The van der Waals surface area contributed by atoms with Gasteiger partial charge >= 0.3 is 0 Å². The first-order chi connectivity index (χ1) is 10.8. The summed E-state index contributed by atoms with van der Waals surface area (Å²) in [7, 11) is 1.66. The van der Waals surface area contributed by atoms with Gasteiger partial charge in [0.25, 0.3) is 0 Å². The van der Waals surface area contributed by atoms with Crippen molar-refractivity contribution in [3.05, 3.63) is 35.4 Å². The number of hydrogen-bond acceptors (Lipinski definition) is 6. The van der Waals surface area contributed by atoms with Crippen LogP contribution in [0.1, 0.15) is 40.4 Å². The highest BCUT2D eigenvalue weighted by Gasteiger charge is 2.25. The van der Waals surface area contributed by atoms with E-state index >= 15 is 0 Å². The maximum Gasteiger partial charge on any atom is 0.209 e. The summed E-state index contributed by atoms with van der Waals surface area (Å²) < 4.78 is 6.83. The first-order valence-corrected chi connectivity index (χ1v) is 8.21. The second kappa shape index (κ2) is 7.02. The van der Waals surface area contributed by atoms with Crippen LogP contribution in [0.15, 0.2) is 29.4 Å². The van der Waals surface area contributed by atoms with E-state index in [2.05, 4.69) is 15.5 Å². The lowest BCUT2D eigenvalue weighted by Gasteiger charge is -2.15. The minimum Gasteiger partial charge on any atom is -0.383 e. The lowest BCUT2D eigenvalue weighted by atomic mass is 10.0. The fraction of sp³-hybridized carbons (Fsp3) is 0.467. The minimum atomic E-state index is 0.204. The summed E-state index contributed by atoms with van der Waals surface area (Å²) in [5, 5.41) is 12.8. The number of carbonyl (C=O) groups is 1. The predicted octanol–water partition coefficient (Wildman–Crippen LogP) is 2.52. The number of thioether (sulfide) groups is 1. The van der Waals surface area contributed by atoms with Gasteiger partial charge in [-0.25, -0.2) is 4.68 Å². The monoisotopic (exact) mass is 318 g/mol. The zero-order valence-corrected chi connectivity index (χ0v) is 13.3. The fourth-order valence-corrected chi connectivity index (χ4v) is 3.82. The molecule has 116 valence electrons. The molecule has 0 bridgehead atoms. The average Bonchev–Trinajstić information content (AvgIpc) is 2.92. The van der Waals surface area contributed by atoms with Gasteiger partial charge in [0.05, 0.1) is 13.2 Å². The number of hydrogen-bond donors (Lipinski definition) is 0. The van der Waals surface area contributed by atoms with E-state index in [1.165, 1.54) is 0 Å². The fourth-order valence-electron chi connectivity index (χ4n) is 2.62. The highest BCUT2D eigenvalue weighted by molar-refractivity contribution is 7.99. The Morgan fingerprint density at radius 1 is 1.41 bits per heavy atom. The van der Waals surface area contributed by atoms with Crippen molar-refractivity contribution in [1.82, 2.24) is 20.2 Å². The van der Waals surface area contributed by atoms with Crippen molar-refractivity contribution in [3.63, 3.8) is 0 Å². The van der Waals surface area contributed by atoms with E-state index < -0.39 is 0 Å². The Bertz CT molecular complexity index is 658. The van der Waals surface area contributed by atoms with Crippen molar-refractivity contribution in [2.24, 2.45) is 0 Å². The van der Waals surface area contributed by atoms with Gasteiger partial charge in [-0.15, -0.1) is 5.10 Å². The van der Waals surface area contributed by atoms with Crippen LogP contribution in [0.3, 0.4) is 0 Å². The molecule has 1 heterocycles. The summed E-state index contributed by atoms with van der Waals surface area (Å²) in [5.74, 6) is 0.234. The molecule has 0 saturated heterocycles. The zero-order chi connectivity index (χ0) is 15.4. The van der Waals surface area contributed by atoms with E-state index in [1.807, 2.05) is 24.3 Å². The molecule has 0 radical (unpaired) electrons. The number of aromatic nitrogens is 4. The molecular formula is C15H18N4O2S. The highest BCUT2D eigenvalue weighted by Crippen LogP contribution is 2.41. The smallest absolute Gasteiger partial charge is 0.209 e. The standard InChI is InChI=1S/C15H18N4O2S/c1-21-10-9-19-15(16-17-18-19)22-14-8-4-7-13(20)11-5-2-3-6-12(11)14/h2-3,5-6,14H,4,7-10H2,1H3. The maximum atomic E-state index is 12.2. The summed E-state index contributed by atoms with van der Waals surface area (Å²) in [6, 6.07) is 7.87. The first-order valence-electron chi connectivity index (χ1n) is 7.33. The number of carbonyl (C=O) groups excluding carboxylic acids is 1. The molecule has 0 aliphatic heterocycles. The Hall–Kier alpha value is -1.73. The summed E-state index contributed by atoms with van der Waals surface area (Å²) in [6.45, 7) is 1.19. The van der Waals surface area contributed by atoms with Gasteiger partial charge < -0.3 is 4.74 Å². The second-order valence-corrected chi connectivity index (χ2v) is 6.36. The van der Waals surface area contributed by atoms with Crippen LogP contribution in [0.5, 0.6) is 0 Å². The molecule has 1 aromatic carbocycles. The SMILES string of the molecule is COCCn1nnnc1SC1CCCC(=O)c2ccccc21. The van der Waals surface area contributed by atoms with Crippen LogP contribution in [0, 0.1) is 0 Å². The van der Waals surface area contributed by atoms with Crippen LogP contribution < -0.4 is 0 Å². The molecule has 0 spiro atoms. The van der Waals surface area contributed by atoms with Crippen LogP contribution in [0.4, 0.5) is 0 Å². The number of ketones is 1. The number of Topliss-reactive ketones (excluding diaryl/α,β-unsaturated/α-hetero) is 1. The molecule has 1 aromatic heterocycles. The molecule has 0 N–H and O–H groups in total. The van der Waals surface area contributed by atoms with Gasteiger partial charge in [-0.3, -0.25) is 4.79 Å². The molecule has 0 fully saturated rings. The maximum absolute atomic E-state index is 12.2. The first kappa shape index (κ1) is 15.2. The largest absolute Gasteiger partial charge is 0.383 e. The van der Waals surface area contributed by atoms with Crippen LogP contribution in [-0.2, 0) is 11.3 Å². The van der Waals surface area contributed by atoms with Gasteiger partial charge in [0.1, 0.15) is 0 Å². The van der Waals surface area contributed by atoms with Crippen molar-refractivity contribution in [3.8, 4) is 0 Å². The molecule has 2 aromatic rings. The second-order valence-electron chi connectivity index (χ2n) is 5.19. The van der Waals surface area contributed by atoms with Gasteiger partial charge in [0, 0.05) is 24.3 Å². The third kappa shape index (κ3) is 3.20. The van der Waals surface area contributed by atoms with Gasteiger partial charge in [0.2, 0.25) is 5.16 Å². The number of methoxy groups -OCH3 is 1. The van der Waals surface area contributed by atoms with Gasteiger partial charge in [-0.05, 0) is 28.8 Å². The normalized spacial score (nSPS) is 18.0. The number of fused-ring (bicyclic) bond motifs is 1. The molecule has 6 nitrogen and oxygen atoms in total. The summed E-state index contributed by atoms with van der Waals surface area (Å²) in [6.07, 6.45) is 2.46. The van der Waals surface area contributed by atoms with Crippen LogP contribution >= 0.6 is 11.8 Å². The number of rotatable bonds is 5. The third-order valence-corrected chi connectivity index (χ3v) is 5.01. The van der Waals surface area contributed by atoms with E-state index in [-0.39, 0.29) is 11.0 Å². The zero-order valence-electron chi connectivity index (χ0n) is 12.4. The van der Waals surface area contributed by atoms with E-state index in [0.717, 1.165) is 29.1 Å². The van der Waals surface area contributed by atoms with E-state index in [9.17, 15) is 4.79 Å². The van der Waals surface area contributed by atoms with Crippen molar-refractivity contribution < 1.29 is 9.53 Å². The molecule has 22 heavy (non-hydrogen) atoms. The lowest BCUT2D eigenvalue weighted by Crippen LogP contribution is -2.08. The molecule has 0 amide bonds. The van der Waals surface area contributed by atoms with E-state index in [0.29, 0.717) is 19.6 Å². The molecular weight excluding hydrogens is 300 g/mol. The Balaban J connectivity index is 1.84. The summed E-state index contributed by atoms with van der Waals surface area (Å²) in [5.41, 5.74) is 1.93. The van der Waals surface area contributed by atoms with Gasteiger partial charge in [-0.1, -0.05) is 36.0 Å². The average molecular weight is 318 g/mol. The van der Waals surface area contributed by atoms with Crippen molar-refractivity contribution >= 4 is 17.5 Å². The Kier molecular flexibility index (Phi) is 4.84. The Labute approximate surface area is 133 Å². The van der Waals surface area contributed by atoms with Crippen molar-refractivity contribution in [2.75, 3.05) is 13.7 Å². The Morgan fingerprint density at radius 2 is 2.27 bits per heavy atom. The lowest BCUT2D eigenvalue weighted by molar-refractivity contribution is 0.0982. The molecule has 3 rings (SSSR count). The molecule has 1 aliphatic rings. The topological polar surface area (TPSA) is 69.9 Å². The summed E-state index contributed by atoms with van der Waals surface area (Å²) >= 11 is 1.63.